The molecule has 4 rings (SSSR count). The first-order valence-electron chi connectivity index (χ1n) is 11.7. The van der Waals surface area contributed by atoms with Crippen molar-refractivity contribution in [3.05, 3.63) is 59.7 Å². The van der Waals surface area contributed by atoms with E-state index in [2.05, 4.69) is 5.32 Å². The van der Waals surface area contributed by atoms with Gasteiger partial charge in [-0.15, -0.1) is 0 Å². The number of nitrogens with one attached hydrogen (secondary N) is 1. The van der Waals surface area contributed by atoms with Crippen LogP contribution in [-0.2, 0) is 14.3 Å². The molecular weight excluding hydrogens is 450 g/mol. The third-order valence-corrected chi connectivity index (χ3v) is 6.34. The van der Waals surface area contributed by atoms with E-state index in [1.54, 1.807) is 67.5 Å². The fraction of sp³-hybridized carbons (Fsp3) is 0.385. The number of ether oxygens (including phenoxy) is 2. The summed E-state index contributed by atoms with van der Waals surface area (Å²) >= 11 is 0. The van der Waals surface area contributed by atoms with Crippen LogP contribution in [0.3, 0.4) is 0 Å². The van der Waals surface area contributed by atoms with Crippen molar-refractivity contribution in [2.75, 3.05) is 31.7 Å². The average molecular weight is 480 g/mol. The van der Waals surface area contributed by atoms with Crippen LogP contribution in [0.2, 0.25) is 0 Å². The molecule has 9 nitrogen and oxygen atoms in total. The van der Waals surface area contributed by atoms with Crippen LogP contribution in [0.4, 0.5) is 5.69 Å². The van der Waals surface area contributed by atoms with E-state index < -0.39 is 12.0 Å². The van der Waals surface area contributed by atoms with Crippen molar-refractivity contribution in [1.82, 2.24) is 10.2 Å². The van der Waals surface area contributed by atoms with Crippen LogP contribution in [-0.4, -0.2) is 67.5 Å². The van der Waals surface area contributed by atoms with Crippen LogP contribution >= 0.6 is 0 Å². The van der Waals surface area contributed by atoms with Crippen LogP contribution < -0.4 is 15.0 Å². The summed E-state index contributed by atoms with van der Waals surface area (Å²) in [6.45, 7) is 3.13. The zero-order chi connectivity index (χ0) is 24.9. The summed E-state index contributed by atoms with van der Waals surface area (Å²) < 4.78 is 10.1. The Labute approximate surface area is 204 Å². The molecule has 0 aliphatic carbocycles. The molecule has 0 aromatic heterocycles. The monoisotopic (exact) mass is 479 g/mol. The standard InChI is InChI=1S/C26H29N3O6/c1-3-35-26(33)18-4-8-20(9-5-18)29-23(30)16-22(25(29)32)27-19-12-14-28(15-13-19)24(31)17-6-10-21(34-2)11-7-17/h4-11,19,22,27H,3,12-16H2,1-2H3. The molecule has 35 heavy (non-hydrogen) atoms. The van der Waals surface area contributed by atoms with Gasteiger partial charge in [0.15, 0.2) is 0 Å². The van der Waals surface area contributed by atoms with Crippen LogP contribution in [0, 0.1) is 0 Å². The van der Waals surface area contributed by atoms with Gasteiger partial charge in [-0.1, -0.05) is 0 Å². The molecule has 0 bridgehead atoms. The quantitative estimate of drug-likeness (QED) is 0.480. The number of nitrogens with zero attached hydrogens (tertiary/aromatic N) is 2. The minimum Gasteiger partial charge on any atom is -0.497 e. The smallest absolute Gasteiger partial charge is 0.338 e. The Bertz CT molecular complexity index is 1090. The predicted molar refractivity (Wildman–Crippen MR) is 128 cm³/mol. The highest BCUT2D eigenvalue weighted by atomic mass is 16.5. The lowest BCUT2D eigenvalue weighted by Crippen LogP contribution is -2.49. The average Bonchev–Trinajstić information content (AvgIpc) is 3.16. The fourth-order valence-electron chi connectivity index (χ4n) is 4.44. The summed E-state index contributed by atoms with van der Waals surface area (Å²) in [6.07, 6.45) is 1.45. The molecule has 1 unspecified atom stereocenters. The van der Waals surface area contributed by atoms with Gasteiger partial charge in [0, 0.05) is 24.7 Å². The molecule has 1 N–H and O–H groups in total. The normalized spacial score (nSPS) is 18.6. The number of carbonyl (C=O) groups is 4. The van der Waals surface area contributed by atoms with Crippen LogP contribution in [0.15, 0.2) is 48.5 Å². The Hall–Kier alpha value is -3.72. The molecule has 0 spiro atoms. The molecule has 1 atom stereocenters. The SMILES string of the molecule is CCOC(=O)c1ccc(N2C(=O)CC(NC3CCN(C(=O)c4ccc(OC)cc4)CC3)C2=O)cc1. The highest BCUT2D eigenvalue weighted by Gasteiger charge is 2.41. The minimum atomic E-state index is -0.610. The summed E-state index contributed by atoms with van der Waals surface area (Å²) in [7, 11) is 1.58. The second kappa shape index (κ2) is 10.7. The van der Waals surface area contributed by atoms with Crippen molar-refractivity contribution in [3.63, 3.8) is 0 Å². The summed E-state index contributed by atoms with van der Waals surface area (Å²) in [5.41, 5.74) is 1.40. The molecule has 2 aliphatic rings. The van der Waals surface area contributed by atoms with Crippen molar-refractivity contribution >= 4 is 29.4 Å². The van der Waals surface area contributed by atoms with Gasteiger partial charge in [0.05, 0.1) is 37.4 Å². The van der Waals surface area contributed by atoms with Gasteiger partial charge < -0.3 is 19.7 Å². The van der Waals surface area contributed by atoms with Crippen molar-refractivity contribution < 1.29 is 28.7 Å². The highest BCUT2D eigenvalue weighted by Crippen LogP contribution is 2.25. The molecule has 9 heteroatoms. The van der Waals surface area contributed by atoms with E-state index >= 15 is 0 Å². The van der Waals surface area contributed by atoms with Crippen molar-refractivity contribution in [3.8, 4) is 5.75 Å². The number of anilines is 1. The number of hydrogen-bond acceptors (Lipinski definition) is 7. The van der Waals surface area contributed by atoms with E-state index in [4.69, 9.17) is 9.47 Å². The van der Waals surface area contributed by atoms with Crippen molar-refractivity contribution in [2.24, 2.45) is 0 Å². The topological polar surface area (TPSA) is 105 Å². The number of amides is 3. The zero-order valence-corrected chi connectivity index (χ0v) is 19.9. The molecule has 184 valence electrons. The number of piperidine rings is 1. The van der Waals surface area contributed by atoms with E-state index in [1.807, 2.05) is 0 Å². The molecule has 2 fully saturated rings. The van der Waals surface area contributed by atoms with E-state index in [9.17, 15) is 19.2 Å². The lowest BCUT2D eigenvalue weighted by molar-refractivity contribution is -0.121. The number of rotatable bonds is 7. The molecule has 2 saturated heterocycles. The minimum absolute atomic E-state index is 0.0304. The Balaban J connectivity index is 1.32. The lowest BCUT2D eigenvalue weighted by atomic mass is 10.0. The van der Waals surface area contributed by atoms with Gasteiger partial charge in [-0.25, -0.2) is 9.69 Å². The summed E-state index contributed by atoms with van der Waals surface area (Å²) in [6, 6.07) is 12.7. The maximum absolute atomic E-state index is 13.0. The first-order chi connectivity index (χ1) is 16.9. The van der Waals surface area contributed by atoms with Gasteiger partial charge in [0.25, 0.3) is 11.8 Å². The number of hydrogen-bond donors (Lipinski definition) is 1. The molecule has 3 amide bonds. The number of imide groups is 1. The number of esters is 1. The van der Waals surface area contributed by atoms with Crippen LogP contribution in [0.5, 0.6) is 5.75 Å². The zero-order valence-electron chi connectivity index (χ0n) is 19.9. The first kappa shape index (κ1) is 24.4. The van der Waals surface area contributed by atoms with Crippen LogP contribution in [0.25, 0.3) is 0 Å². The Morgan fingerprint density at radius 1 is 0.971 bits per heavy atom. The maximum Gasteiger partial charge on any atom is 0.338 e. The molecule has 2 aromatic rings. The Kier molecular flexibility index (Phi) is 7.45. The third kappa shape index (κ3) is 5.35. The number of likely N-dealkylation sites (tertiary alicyclic amines) is 1. The third-order valence-electron chi connectivity index (χ3n) is 6.34. The summed E-state index contributed by atoms with van der Waals surface area (Å²) in [5, 5.41) is 3.32. The van der Waals surface area contributed by atoms with E-state index in [1.165, 1.54) is 0 Å². The molecular formula is C26H29N3O6. The highest BCUT2D eigenvalue weighted by molar-refractivity contribution is 6.22. The second-order valence-corrected chi connectivity index (χ2v) is 8.55. The molecule has 2 heterocycles. The maximum atomic E-state index is 13.0. The first-order valence-corrected chi connectivity index (χ1v) is 11.7. The number of carbonyl (C=O) groups excluding carboxylic acids is 4. The van der Waals surface area contributed by atoms with E-state index in [-0.39, 0.29) is 36.8 Å². The summed E-state index contributed by atoms with van der Waals surface area (Å²) in [4.78, 5) is 53.2. The molecule has 2 aliphatic heterocycles. The number of benzene rings is 2. The largest absolute Gasteiger partial charge is 0.497 e. The van der Waals surface area contributed by atoms with Crippen LogP contribution in [0.1, 0.15) is 46.9 Å². The predicted octanol–water partition coefficient (Wildman–Crippen LogP) is 2.40. The Morgan fingerprint density at radius 2 is 1.60 bits per heavy atom. The summed E-state index contributed by atoms with van der Waals surface area (Å²) in [5.74, 6) is -0.381. The van der Waals surface area contributed by atoms with Gasteiger partial charge in [0.2, 0.25) is 5.91 Å². The lowest BCUT2D eigenvalue weighted by Gasteiger charge is -2.33. The van der Waals surface area contributed by atoms with Gasteiger partial charge in [-0.3, -0.25) is 14.4 Å². The Morgan fingerprint density at radius 3 is 2.20 bits per heavy atom. The number of methoxy groups -OCH3 is 1. The molecule has 2 aromatic carbocycles. The van der Waals surface area contributed by atoms with E-state index in [0.29, 0.717) is 48.5 Å². The van der Waals surface area contributed by atoms with Gasteiger partial charge >= 0.3 is 5.97 Å². The molecule has 0 radical (unpaired) electrons. The van der Waals surface area contributed by atoms with Gasteiger partial charge in [0.1, 0.15) is 5.75 Å². The van der Waals surface area contributed by atoms with Crippen molar-refractivity contribution in [2.45, 2.75) is 38.3 Å². The van der Waals surface area contributed by atoms with Crippen molar-refractivity contribution in [1.29, 1.82) is 0 Å². The van der Waals surface area contributed by atoms with Gasteiger partial charge in [-0.05, 0) is 68.3 Å². The van der Waals surface area contributed by atoms with E-state index in [0.717, 1.165) is 4.90 Å². The van der Waals surface area contributed by atoms with Gasteiger partial charge in [-0.2, -0.15) is 0 Å². The molecule has 0 saturated carbocycles. The fourth-order valence-corrected chi connectivity index (χ4v) is 4.44. The second-order valence-electron chi connectivity index (χ2n) is 8.55.